The van der Waals surface area contributed by atoms with Gasteiger partial charge in [-0.15, -0.1) is 0 Å². The molecule has 0 amide bonds. The van der Waals surface area contributed by atoms with Crippen LogP contribution < -0.4 is 0 Å². The number of halogens is 1. The Hall–Kier alpha value is -1.36. The minimum Gasteiger partial charge on any atom is -0.384 e. The van der Waals surface area contributed by atoms with Gasteiger partial charge in [-0.3, -0.25) is 4.68 Å². The summed E-state index contributed by atoms with van der Waals surface area (Å²) in [6, 6.07) is 9.57. The Kier molecular flexibility index (Phi) is 4.58. The van der Waals surface area contributed by atoms with Gasteiger partial charge in [-0.2, -0.15) is 5.10 Å². The van der Waals surface area contributed by atoms with Gasteiger partial charge in [-0.1, -0.05) is 41.9 Å². The zero-order chi connectivity index (χ0) is 13.8. The molecule has 1 N–H and O–H groups in total. The molecule has 1 heterocycles. The van der Waals surface area contributed by atoms with Crippen molar-refractivity contribution in [2.24, 2.45) is 0 Å². The van der Waals surface area contributed by atoms with E-state index in [0.29, 0.717) is 17.3 Å². The van der Waals surface area contributed by atoms with Crippen molar-refractivity contribution < 1.29 is 9.84 Å². The molecule has 4 nitrogen and oxygen atoms in total. The highest BCUT2D eigenvalue weighted by Gasteiger charge is 2.27. The van der Waals surface area contributed by atoms with Gasteiger partial charge in [0.15, 0.2) is 0 Å². The number of aliphatic hydroxyl groups excluding tert-OH is 1. The van der Waals surface area contributed by atoms with Gasteiger partial charge in [-0.25, -0.2) is 0 Å². The van der Waals surface area contributed by atoms with Crippen molar-refractivity contribution in [2.75, 3.05) is 7.11 Å². The topological polar surface area (TPSA) is 47.3 Å². The molecule has 2 aromatic rings. The van der Waals surface area contributed by atoms with E-state index >= 15 is 0 Å². The number of methoxy groups -OCH3 is 1. The van der Waals surface area contributed by atoms with Crippen LogP contribution in [0, 0.1) is 0 Å². The van der Waals surface area contributed by atoms with Crippen LogP contribution in [0.4, 0.5) is 0 Å². The fourth-order valence-electron chi connectivity index (χ4n) is 2.15. The van der Waals surface area contributed by atoms with E-state index in [1.807, 2.05) is 37.3 Å². The summed E-state index contributed by atoms with van der Waals surface area (Å²) >= 11 is 6.11. The maximum atomic E-state index is 10.5. The second-order valence-corrected chi connectivity index (χ2v) is 4.61. The summed E-state index contributed by atoms with van der Waals surface area (Å²) in [5.41, 5.74) is 1.48. The fraction of sp³-hybridized carbons (Fsp3) is 0.357. The van der Waals surface area contributed by atoms with Crippen LogP contribution in [0.25, 0.3) is 0 Å². The summed E-state index contributed by atoms with van der Waals surface area (Å²) in [5, 5.41) is 15.1. The maximum absolute atomic E-state index is 10.5. The molecule has 1 aromatic heterocycles. The number of aliphatic hydroxyl groups is 1. The highest BCUT2D eigenvalue weighted by atomic mass is 35.5. The number of hydrogen-bond donors (Lipinski definition) is 1. The van der Waals surface area contributed by atoms with E-state index in [2.05, 4.69) is 5.10 Å². The van der Waals surface area contributed by atoms with Gasteiger partial charge in [0.05, 0.1) is 16.9 Å². The SMILES string of the molecule is CCn1ncc(Cl)c1C(O)C(OC)c1ccccc1. The van der Waals surface area contributed by atoms with Gasteiger partial charge < -0.3 is 9.84 Å². The molecule has 5 heteroatoms. The average Bonchev–Trinajstić information content (AvgIpc) is 2.81. The van der Waals surface area contributed by atoms with Crippen molar-refractivity contribution in [3.05, 3.63) is 52.8 Å². The lowest BCUT2D eigenvalue weighted by Gasteiger charge is -2.23. The zero-order valence-electron chi connectivity index (χ0n) is 11.0. The molecular weight excluding hydrogens is 264 g/mol. The highest BCUT2D eigenvalue weighted by molar-refractivity contribution is 6.31. The van der Waals surface area contributed by atoms with E-state index in [-0.39, 0.29) is 0 Å². The molecule has 0 aliphatic rings. The largest absolute Gasteiger partial charge is 0.384 e. The van der Waals surface area contributed by atoms with Gasteiger partial charge in [-0.05, 0) is 12.5 Å². The summed E-state index contributed by atoms with van der Waals surface area (Å²) in [6.45, 7) is 2.59. The number of rotatable bonds is 5. The Balaban J connectivity index is 2.36. The molecule has 2 unspecified atom stereocenters. The van der Waals surface area contributed by atoms with Crippen LogP contribution in [0.5, 0.6) is 0 Å². The molecule has 0 saturated heterocycles. The van der Waals surface area contributed by atoms with Crippen molar-refractivity contribution in [3.63, 3.8) is 0 Å². The maximum Gasteiger partial charge on any atom is 0.127 e. The number of nitrogens with zero attached hydrogens (tertiary/aromatic N) is 2. The first-order chi connectivity index (χ1) is 9.19. The van der Waals surface area contributed by atoms with Crippen molar-refractivity contribution in [1.29, 1.82) is 0 Å². The molecule has 0 fully saturated rings. The van der Waals surface area contributed by atoms with Gasteiger partial charge >= 0.3 is 0 Å². The second-order valence-electron chi connectivity index (χ2n) is 4.21. The van der Waals surface area contributed by atoms with Crippen LogP contribution >= 0.6 is 11.6 Å². The highest BCUT2D eigenvalue weighted by Crippen LogP contribution is 2.34. The van der Waals surface area contributed by atoms with E-state index < -0.39 is 12.2 Å². The summed E-state index contributed by atoms with van der Waals surface area (Å²) in [5.74, 6) is 0. The number of aryl methyl sites for hydroxylation is 1. The van der Waals surface area contributed by atoms with Crippen LogP contribution in [0.1, 0.15) is 30.4 Å². The number of aromatic nitrogens is 2. The smallest absolute Gasteiger partial charge is 0.127 e. The van der Waals surface area contributed by atoms with Gasteiger partial charge in [0.25, 0.3) is 0 Å². The third-order valence-electron chi connectivity index (χ3n) is 3.08. The van der Waals surface area contributed by atoms with Gasteiger partial charge in [0.2, 0.25) is 0 Å². The van der Waals surface area contributed by atoms with Crippen LogP contribution in [0.15, 0.2) is 36.5 Å². The summed E-state index contributed by atoms with van der Waals surface area (Å²) < 4.78 is 7.11. The van der Waals surface area contributed by atoms with Crippen molar-refractivity contribution >= 4 is 11.6 Å². The molecule has 0 saturated carbocycles. The first-order valence-electron chi connectivity index (χ1n) is 6.16. The quantitative estimate of drug-likeness (QED) is 0.916. The van der Waals surface area contributed by atoms with Gasteiger partial charge in [0.1, 0.15) is 12.2 Å². The number of ether oxygens (including phenoxy) is 1. The first kappa shape index (κ1) is 14.1. The summed E-state index contributed by atoms with van der Waals surface area (Å²) in [7, 11) is 1.57. The third kappa shape index (κ3) is 2.81. The molecule has 19 heavy (non-hydrogen) atoms. The van der Waals surface area contributed by atoms with Crippen molar-refractivity contribution in [2.45, 2.75) is 25.7 Å². The van der Waals surface area contributed by atoms with Crippen LogP contribution in [0.2, 0.25) is 5.02 Å². The van der Waals surface area contributed by atoms with Crippen molar-refractivity contribution in [3.8, 4) is 0 Å². The Labute approximate surface area is 117 Å². The molecule has 0 aliphatic carbocycles. The monoisotopic (exact) mass is 280 g/mol. The number of hydrogen-bond acceptors (Lipinski definition) is 3. The van der Waals surface area contributed by atoms with E-state index in [4.69, 9.17) is 16.3 Å². The Bertz CT molecular complexity index is 527. The minimum absolute atomic E-state index is 0.451. The Morgan fingerprint density at radius 2 is 2.05 bits per heavy atom. The lowest BCUT2D eigenvalue weighted by Crippen LogP contribution is -2.17. The fourth-order valence-corrected chi connectivity index (χ4v) is 2.40. The number of benzene rings is 1. The van der Waals surface area contributed by atoms with Crippen LogP contribution in [-0.2, 0) is 11.3 Å². The summed E-state index contributed by atoms with van der Waals surface area (Å²) in [4.78, 5) is 0. The third-order valence-corrected chi connectivity index (χ3v) is 3.37. The zero-order valence-corrected chi connectivity index (χ0v) is 11.7. The first-order valence-corrected chi connectivity index (χ1v) is 6.53. The predicted molar refractivity (Wildman–Crippen MR) is 74.1 cm³/mol. The predicted octanol–water partition coefficient (Wildman–Crippen LogP) is 2.98. The lowest BCUT2D eigenvalue weighted by atomic mass is 10.0. The molecule has 2 atom stereocenters. The molecule has 2 rings (SSSR count). The molecule has 102 valence electrons. The molecule has 0 spiro atoms. The Morgan fingerprint density at radius 1 is 1.37 bits per heavy atom. The molecule has 0 bridgehead atoms. The van der Waals surface area contributed by atoms with Gasteiger partial charge in [0, 0.05) is 13.7 Å². The minimum atomic E-state index is -0.859. The Morgan fingerprint density at radius 3 is 2.63 bits per heavy atom. The molecule has 1 aromatic carbocycles. The second kappa shape index (κ2) is 6.19. The molecular formula is C14H17ClN2O2. The van der Waals surface area contributed by atoms with Crippen LogP contribution in [-0.4, -0.2) is 22.0 Å². The lowest BCUT2D eigenvalue weighted by molar-refractivity contribution is -0.0190. The standard InChI is InChI=1S/C14H17ClN2O2/c1-3-17-12(11(15)9-16-17)13(18)14(19-2)10-7-5-4-6-8-10/h4-9,13-14,18H,3H2,1-2H3. The summed E-state index contributed by atoms with van der Waals surface area (Å²) in [6.07, 6.45) is 0.212. The van der Waals surface area contributed by atoms with Crippen LogP contribution in [0.3, 0.4) is 0 Å². The van der Waals surface area contributed by atoms with E-state index in [9.17, 15) is 5.11 Å². The normalized spacial score (nSPS) is 14.3. The molecule has 0 aliphatic heterocycles. The van der Waals surface area contributed by atoms with E-state index in [1.165, 1.54) is 0 Å². The van der Waals surface area contributed by atoms with Crippen molar-refractivity contribution in [1.82, 2.24) is 9.78 Å². The van der Waals surface area contributed by atoms with E-state index in [0.717, 1.165) is 5.56 Å². The van der Waals surface area contributed by atoms with E-state index in [1.54, 1.807) is 18.0 Å². The average molecular weight is 281 g/mol. The molecule has 0 radical (unpaired) electrons.